The minimum atomic E-state index is -0.661. The Morgan fingerprint density at radius 3 is 2.52 bits per heavy atom. The van der Waals surface area contributed by atoms with Crippen LogP contribution in [0.2, 0.25) is 0 Å². The second kappa shape index (κ2) is 6.76. The fraction of sp³-hybridized carbons (Fsp3) is 0.375. The summed E-state index contributed by atoms with van der Waals surface area (Å²) >= 11 is 0. The van der Waals surface area contributed by atoms with E-state index in [1.54, 1.807) is 31.5 Å². The summed E-state index contributed by atoms with van der Waals surface area (Å²) in [5.41, 5.74) is 0.489. The number of hydrogen-bond acceptors (Lipinski definition) is 3. The molecule has 0 atom stereocenters. The van der Waals surface area contributed by atoms with Crippen molar-refractivity contribution in [2.75, 3.05) is 6.54 Å². The molecule has 1 amide bonds. The van der Waals surface area contributed by atoms with E-state index < -0.39 is 23.3 Å². The van der Waals surface area contributed by atoms with Gasteiger partial charge in [0.05, 0.1) is 12.0 Å². The highest BCUT2D eigenvalue weighted by atomic mass is 19.1. The molecule has 124 valence electrons. The first-order valence-corrected chi connectivity index (χ1v) is 7.19. The number of amides is 1. The molecule has 0 saturated heterocycles. The Morgan fingerprint density at radius 1 is 1.26 bits per heavy atom. The summed E-state index contributed by atoms with van der Waals surface area (Å²) < 4.78 is 33.3. The standard InChI is InChI=1S/C16H19F2N3O2/c1-16(2,3)23-15(22)20-5-4-13-9-19-10-21(13)14-7-11(17)6-12(18)8-14/h6-10H,4-5H2,1-3H3,(H,20,22). The van der Waals surface area contributed by atoms with Gasteiger partial charge in [0.25, 0.3) is 0 Å². The molecule has 0 aliphatic heterocycles. The van der Waals surface area contributed by atoms with Gasteiger partial charge in [0.15, 0.2) is 0 Å². The van der Waals surface area contributed by atoms with Gasteiger partial charge in [-0.25, -0.2) is 18.6 Å². The van der Waals surface area contributed by atoms with Crippen molar-refractivity contribution >= 4 is 6.09 Å². The maximum atomic E-state index is 13.3. The van der Waals surface area contributed by atoms with Gasteiger partial charge in [-0.05, 0) is 32.9 Å². The highest BCUT2D eigenvalue weighted by Crippen LogP contribution is 2.15. The predicted octanol–water partition coefficient (Wildman–Crippen LogP) is 3.22. The molecule has 2 rings (SSSR count). The molecule has 0 spiro atoms. The van der Waals surface area contributed by atoms with Crippen LogP contribution in [0.15, 0.2) is 30.7 Å². The third-order valence-electron chi connectivity index (χ3n) is 2.89. The molecule has 23 heavy (non-hydrogen) atoms. The lowest BCUT2D eigenvalue weighted by atomic mass is 10.2. The van der Waals surface area contributed by atoms with Crippen LogP contribution in [-0.4, -0.2) is 27.8 Å². The van der Waals surface area contributed by atoms with Crippen molar-refractivity contribution in [1.29, 1.82) is 0 Å². The largest absolute Gasteiger partial charge is 0.444 e. The molecule has 0 fully saturated rings. The van der Waals surface area contributed by atoms with Crippen molar-refractivity contribution < 1.29 is 18.3 Å². The van der Waals surface area contributed by atoms with Gasteiger partial charge in [-0.2, -0.15) is 0 Å². The molecule has 0 saturated carbocycles. The van der Waals surface area contributed by atoms with Gasteiger partial charge in [0.2, 0.25) is 0 Å². The summed E-state index contributed by atoms with van der Waals surface area (Å²) in [6.45, 7) is 5.65. The number of carbonyl (C=O) groups is 1. The van der Waals surface area contributed by atoms with Crippen LogP contribution >= 0.6 is 0 Å². The van der Waals surface area contributed by atoms with Gasteiger partial charge in [0.1, 0.15) is 17.2 Å². The lowest BCUT2D eigenvalue weighted by Gasteiger charge is -2.19. The fourth-order valence-corrected chi connectivity index (χ4v) is 2.03. The maximum Gasteiger partial charge on any atom is 0.407 e. The van der Waals surface area contributed by atoms with E-state index in [1.807, 2.05) is 0 Å². The van der Waals surface area contributed by atoms with E-state index in [0.717, 1.165) is 6.07 Å². The number of rotatable bonds is 4. The van der Waals surface area contributed by atoms with Crippen LogP contribution in [0.5, 0.6) is 0 Å². The van der Waals surface area contributed by atoms with E-state index in [1.165, 1.54) is 18.5 Å². The molecule has 0 radical (unpaired) electrons. The zero-order chi connectivity index (χ0) is 17.0. The van der Waals surface area contributed by atoms with E-state index in [9.17, 15) is 13.6 Å². The molecule has 1 heterocycles. The number of nitrogens with zero attached hydrogens (tertiary/aromatic N) is 2. The van der Waals surface area contributed by atoms with E-state index in [0.29, 0.717) is 24.3 Å². The van der Waals surface area contributed by atoms with Gasteiger partial charge in [-0.15, -0.1) is 0 Å². The van der Waals surface area contributed by atoms with Gasteiger partial charge in [0, 0.05) is 30.9 Å². The van der Waals surface area contributed by atoms with E-state index >= 15 is 0 Å². The second-order valence-electron chi connectivity index (χ2n) is 6.06. The maximum absolute atomic E-state index is 13.3. The molecular formula is C16H19F2N3O2. The third kappa shape index (κ3) is 5.05. The summed E-state index contributed by atoms with van der Waals surface area (Å²) in [4.78, 5) is 15.6. The highest BCUT2D eigenvalue weighted by Gasteiger charge is 2.16. The highest BCUT2D eigenvalue weighted by molar-refractivity contribution is 5.67. The Kier molecular flexibility index (Phi) is 4.98. The van der Waals surface area contributed by atoms with E-state index in [2.05, 4.69) is 10.3 Å². The van der Waals surface area contributed by atoms with Gasteiger partial charge in [-0.3, -0.25) is 0 Å². The predicted molar refractivity (Wildman–Crippen MR) is 81.4 cm³/mol. The third-order valence-corrected chi connectivity index (χ3v) is 2.89. The summed E-state index contributed by atoms with van der Waals surface area (Å²) in [5.74, 6) is -1.32. The topological polar surface area (TPSA) is 56.1 Å². The minimum absolute atomic E-state index is 0.318. The first-order chi connectivity index (χ1) is 10.7. The molecule has 1 N–H and O–H groups in total. The second-order valence-corrected chi connectivity index (χ2v) is 6.06. The van der Waals surface area contributed by atoms with Crippen LogP contribution in [0.3, 0.4) is 0 Å². The van der Waals surface area contributed by atoms with Crippen LogP contribution in [0.4, 0.5) is 13.6 Å². The van der Waals surface area contributed by atoms with Crippen molar-refractivity contribution in [2.45, 2.75) is 32.8 Å². The fourth-order valence-electron chi connectivity index (χ4n) is 2.03. The summed E-state index contributed by atoms with van der Waals surface area (Å²) in [5, 5.41) is 2.63. The Hall–Kier alpha value is -2.44. The molecule has 1 aromatic carbocycles. The molecule has 0 bridgehead atoms. The van der Waals surface area contributed by atoms with Gasteiger partial charge < -0.3 is 14.6 Å². The van der Waals surface area contributed by atoms with Crippen LogP contribution < -0.4 is 5.32 Å². The van der Waals surface area contributed by atoms with E-state index in [-0.39, 0.29) is 0 Å². The average molecular weight is 323 g/mol. The average Bonchev–Trinajstić information content (AvgIpc) is 2.83. The van der Waals surface area contributed by atoms with Crippen LogP contribution in [0.25, 0.3) is 5.69 Å². The lowest BCUT2D eigenvalue weighted by Crippen LogP contribution is -2.33. The number of halogens is 2. The normalized spacial score (nSPS) is 11.3. The van der Waals surface area contributed by atoms with E-state index in [4.69, 9.17) is 4.74 Å². The van der Waals surface area contributed by atoms with Crippen molar-refractivity contribution in [3.63, 3.8) is 0 Å². The Bertz CT molecular complexity index is 673. The zero-order valence-corrected chi connectivity index (χ0v) is 13.3. The zero-order valence-electron chi connectivity index (χ0n) is 13.3. The molecule has 0 aliphatic carbocycles. The molecule has 0 aliphatic rings. The summed E-state index contributed by atoms with van der Waals surface area (Å²) in [6, 6.07) is 3.25. The number of aromatic nitrogens is 2. The number of imidazole rings is 1. The molecule has 2 aromatic rings. The van der Waals surface area contributed by atoms with Crippen molar-refractivity contribution in [2.24, 2.45) is 0 Å². The van der Waals surface area contributed by atoms with Crippen molar-refractivity contribution in [1.82, 2.24) is 14.9 Å². The van der Waals surface area contributed by atoms with Crippen molar-refractivity contribution in [3.8, 4) is 5.69 Å². The number of alkyl carbamates (subject to hydrolysis) is 1. The number of carbonyl (C=O) groups excluding carboxylic acids is 1. The smallest absolute Gasteiger partial charge is 0.407 e. The minimum Gasteiger partial charge on any atom is -0.444 e. The quantitative estimate of drug-likeness (QED) is 0.940. The van der Waals surface area contributed by atoms with Crippen LogP contribution in [0, 0.1) is 11.6 Å². The lowest BCUT2D eigenvalue weighted by molar-refractivity contribution is 0.0528. The number of nitrogens with one attached hydrogen (secondary N) is 1. The number of benzene rings is 1. The summed E-state index contributed by atoms with van der Waals surface area (Å²) in [6.07, 6.45) is 2.98. The SMILES string of the molecule is CC(C)(C)OC(=O)NCCc1cncn1-c1cc(F)cc(F)c1. The first kappa shape index (κ1) is 16.9. The Morgan fingerprint density at radius 2 is 1.91 bits per heavy atom. The monoisotopic (exact) mass is 323 g/mol. The molecule has 7 heteroatoms. The Labute approximate surface area is 133 Å². The van der Waals surface area contributed by atoms with Crippen LogP contribution in [0.1, 0.15) is 26.5 Å². The number of ether oxygens (including phenoxy) is 1. The van der Waals surface area contributed by atoms with Crippen molar-refractivity contribution in [3.05, 3.63) is 48.1 Å². The first-order valence-electron chi connectivity index (χ1n) is 7.19. The number of hydrogen-bond donors (Lipinski definition) is 1. The molecular weight excluding hydrogens is 304 g/mol. The van der Waals surface area contributed by atoms with Crippen LogP contribution in [-0.2, 0) is 11.2 Å². The summed E-state index contributed by atoms with van der Waals surface area (Å²) in [7, 11) is 0. The van der Waals surface area contributed by atoms with Gasteiger partial charge in [-0.1, -0.05) is 0 Å². The van der Waals surface area contributed by atoms with Gasteiger partial charge >= 0.3 is 6.09 Å². The molecule has 0 unspecified atom stereocenters. The molecule has 1 aromatic heterocycles. The Balaban J connectivity index is 2.00. The molecule has 5 nitrogen and oxygen atoms in total.